The van der Waals surface area contributed by atoms with Crippen molar-refractivity contribution >= 4 is 24.1 Å². The Morgan fingerprint density at radius 2 is 2.29 bits per heavy atom. The van der Waals surface area contributed by atoms with Gasteiger partial charge >= 0.3 is 5.69 Å². The summed E-state index contributed by atoms with van der Waals surface area (Å²) in [6, 6.07) is 2.47. The number of benzene rings is 1. The van der Waals surface area contributed by atoms with E-state index >= 15 is 0 Å². The Hall–Kier alpha value is -3.08. The van der Waals surface area contributed by atoms with Crippen LogP contribution in [0.4, 0.5) is 5.69 Å². The highest BCUT2D eigenvalue weighted by Gasteiger charge is 2.19. The van der Waals surface area contributed by atoms with E-state index in [-0.39, 0.29) is 28.4 Å². The zero-order chi connectivity index (χ0) is 17.9. The molecule has 11 heteroatoms. The van der Waals surface area contributed by atoms with Gasteiger partial charge in [-0.2, -0.15) is 14.9 Å². The number of aryl methyl sites for hydroxylation is 1. The number of nitro benzene ring substituents is 1. The van der Waals surface area contributed by atoms with Crippen LogP contribution < -0.4 is 10.3 Å². The largest absolute Gasteiger partial charge is 0.500 e. The minimum atomic E-state index is -0.746. The summed E-state index contributed by atoms with van der Waals surface area (Å²) in [5.74, 6) is -0.634. The van der Waals surface area contributed by atoms with E-state index in [1.807, 2.05) is 0 Å². The first-order chi connectivity index (χ1) is 11.3. The van der Waals surface area contributed by atoms with E-state index in [1.165, 1.54) is 19.2 Å². The molecule has 0 bridgehead atoms. The number of nitrogens with zero attached hydrogens (tertiary/aromatic N) is 4. The predicted octanol–water partition coefficient (Wildman–Crippen LogP) is 1.50. The van der Waals surface area contributed by atoms with E-state index in [4.69, 9.17) is 17.0 Å². The van der Waals surface area contributed by atoms with Gasteiger partial charge in [-0.15, -0.1) is 0 Å². The molecule has 1 heterocycles. The molecule has 0 aliphatic heterocycles. The van der Waals surface area contributed by atoms with E-state index in [0.717, 1.165) is 10.7 Å². The molecule has 0 radical (unpaired) electrons. The van der Waals surface area contributed by atoms with Gasteiger partial charge in [0.1, 0.15) is 5.69 Å². The lowest BCUT2D eigenvalue weighted by Gasteiger charge is -2.07. The van der Waals surface area contributed by atoms with Crippen molar-refractivity contribution in [3.05, 3.63) is 48.6 Å². The average molecular weight is 351 g/mol. The van der Waals surface area contributed by atoms with E-state index in [2.05, 4.69) is 15.3 Å². The predicted molar refractivity (Wildman–Crippen MR) is 87.3 cm³/mol. The lowest BCUT2D eigenvalue weighted by Crippen LogP contribution is -2.22. The van der Waals surface area contributed by atoms with Crippen LogP contribution in [-0.2, 0) is 0 Å². The summed E-state index contributed by atoms with van der Waals surface area (Å²) in [6.45, 7) is 3.36. The maximum Gasteiger partial charge on any atom is 0.315 e. The number of ether oxygens (including phenoxy) is 1. The molecule has 2 aromatic rings. The standard InChI is InChI=1S/C13H13N5O5S/c1-3-23-10-5-8(4-9(11(10)19)18(21)22)6-14-17-12(20)7(2)15-16-13(17)24/h4-6,19H,3H2,1-2H3,(H,16,24). The van der Waals surface area contributed by atoms with Crippen LogP contribution >= 0.6 is 12.2 Å². The van der Waals surface area contributed by atoms with Gasteiger partial charge in [-0.1, -0.05) is 0 Å². The van der Waals surface area contributed by atoms with Crippen LogP contribution in [0.25, 0.3) is 0 Å². The molecule has 0 aliphatic carbocycles. The third kappa shape index (κ3) is 3.46. The maximum atomic E-state index is 11.9. The molecule has 1 aromatic carbocycles. The summed E-state index contributed by atoms with van der Waals surface area (Å²) >= 11 is 4.93. The lowest BCUT2D eigenvalue weighted by molar-refractivity contribution is -0.386. The van der Waals surface area contributed by atoms with Gasteiger partial charge < -0.3 is 9.84 Å². The Balaban J connectivity index is 2.54. The van der Waals surface area contributed by atoms with Crippen LogP contribution in [0.5, 0.6) is 11.5 Å². The zero-order valence-corrected chi connectivity index (χ0v) is 13.5. The van der Waals surface area contributed by atoms with Crippen molar-refractivity contribution in [3.63, 3.8) is 0 Å². The van der Waals surface area contributed by atoms with Crippen LogP contribution in [0.3, 0.4) is 0 Å². The molecule has 0 aliphatic rings. The molecule has 10 nitrogen and oxygen atoms in total. The first-order valence-corrected chi connectivity index (χ1v) is 7.12. The Morgan fingerprint density at radius 1 is 1.58 bits per heavy atom. The molecular formula is C13H13N5O5S. The Bertz CT molecular complexity index is 933. The van der Waals surface area contributed by atoms with Gasteiger partial charge in [0.25, 0.3) is 5.56 Å². The highest BCUT2D eigenvalue weighted by Crippen LogP contribution is 2.36. The molecule has 24 heavy (non-hydrogen) atoms. The Kier molecular flexibility index (Phi) is 5.04. The number of aromatic hydroxyl groups is 1. The third-order valence-electron chi connectivity index (χ3n) is 2.91. The smallest absolute Gasteiger partial charge is 0.315 e. The van der Waals surface area contributed by atoms with Crippen molar-refractivity contribution in [3.8, 4) is 11.5 Å². The van der Waals surface area contributed by atoms with Crippen molar-refractivity contribution in [1.82, 2.24) is 14.9 Å². The summed E-state index contributed by atoms with van der Waals surface area (Å²) in [7, 11) is 0. The van der Waals surface area contributed by atoms with Crippen molar-refractivity contribution in [1.29, 1.82) is 0 Å². The summed E-state index contributed by atoms with van der Waals surface area (Å²) in [6.07, 6.45) is 1.19. The van der Waals surface area contributed by atoms with Crippen LogP contribution in [0.1, 0.15) is 18.2 Å². The van der Waals surface area contributed by atoms with Gasteiger partial charge in [0.05, 0.1) is 17.7 Å². The number of phenols is 1. The Morgan fingerprint density at radius 3 is 2.92 bits per heavy atom. The molecule has 2 rings (SSSR count). The van der Waals surface area contributed by atoms with Crippen molar-refractivity contribution in [2.45, 2.75) is 13.8 Å². The fourth-order valence-corrected chi connectivity index (χ4v) is 1.97. The second kappa shape index (κ2) is 7.00. The summed E-state index contributed by atoms with van der Waals surface area (Å²) in [5.41, 5.74) is -0.648. The Labute approximate surface area is 140 Å². The molecule has 0 fully saturated rings. The second-order valence-electron chi connectivity index (χ2n) is 4.55. The molecule has 2 N–H and O–H groups in total. The van der Waals surface area contributed by atoms with Gasteiger partial charge in [-0.3, -0.25) is 20.0 Å². The molecule has 126 valence electrons. The molecule has 0 amide bonds. The minimum absolute atomic E-state index is 0.0276. The SMILES string of the molecule is CCOc1cc(C=Nn2c(=S)[nH]nc(C)c2=O)cc([N+](=O)[O-])c1O. The van der Waals surface area contributed by atoms with Crippen molar-refractivity contribution in [2.24, 2.45) is 5.10 Å². The van der Waals surface area contributed by atoms with Gasteiger partial charge in [-0.25, -0.2) is 0 Å². The van der Waals surface area contributed by atoms with Gasteiger partial charge in [0.15, 0.2) is 5.75 Å². The van der Waals surface area contributed by atoms with E-state index in [1.54, 1.807) is 6.92 Å². The lowest BCUT2D eigenvalue weighted by atomic mass is 10.2. The van der Waals surface area contributed by atoms with Crippen molar-refractivity contribution < 1.29 is 14.8 Å². The number of aromatic amines is 1. The summed E-state index contributed by atoms with van der Waals surface area (Å²) < 4.78 is 6.04. The first kappa shape index (κ1) is 17.3. The summed E-state index contributed by atoms with van der Waals surface area (Å²) in [5, 5.41) is 30.9. The number of rotatable bonds is 5. The fourth-order valence-electron chi connectivity index (χ4n) is 1.79. The number of hydrogen-bond donors (Lipinski definition) is 2. The molecule has 0 saturated carbocycles. The number of nitrogens with one attached hydrogen (secondary N) is 1. The number of aromatic nitrogens is 3. The number of hydrogen-bond acceptors (Lipinski definition) is 8. The van der Waals surface area contributed by atoms with Crippen LogP contribution in [-0.4, -0.2) is 37.7 Å². The molecule has 0 spiro atoms. The molecule has 0 atom stereocenters. The number of nitro groups is 1. The first-order valence-electron chi connectivity index (χ1n) is 6.72. The monoisotopic (exact) mass is 351 g/mol. The van der Waals surface area contributed by atoms with E-state index in [0.29, 0.717) is 0 Å². The average Bonchev–Trinajstić information content (AvgIpc) is 2.53. The summed E-state index contributed by atoms with van der Waals surface area (Å²) in [4.78, 5) is 22.2. The topological polar surface area (TPSA) is 136 Å². The highest BCUT2D eigenvalue weighted by atomic mass is 32.1. The zero-order valence-electron chi connectivity index (χ0n) is 12.7. The quantitative estimate of drug-likeness (QED) is 0.360. The second-order valence-corrected chi connectivity index (χ2v) is 4.94. The number of phenolic OH excluding ortho intramolecular Hbond substituents is 1. The number of H-pyrrole nitrogens is 1. The van der Waals surface area contributed by atoms with Gasteiger partial charge in [0.2, 0.25) is 10.5 Å². The van der Waals surface area contributed by atoms with Crippen LogP contribution in [0.15, 0.2) is 22.0 Å². The third-order valence-corrected chi connectivity index (χ3v) is 3.17. The van der Waals surface area contributed by atoms with Crippen LogP contribution in [0, 0.1) is 21.8 Å². The van der Waals surface area contributed by atoms with Crippen molar-refractivity contribution in [2.75, 3.05) is 6.61 Å². The fraction of sp³-hybridized carbons (Fsp3) is 0.231. The molecule has 1 aromatic heterocycles. The van der Waals surface area contributed by atoms with Crippen LogP contribution in [0.2, 0.25) is 0 Å². The minimum Gasteiger partial charge on any atom is -0.500 e. The van der Waals surface area contributed by atoms with E-state index in [9.17, 15) is 20.0 Å². The maximum absolute atomic E-state index is 11.9. The van der Waals surface area contributed by atoms with Gasteiger partial charge in [0, 0.05) is 11.6 Å². The van der Waals surface area contributed by atoms with Gasteiger partial charge in [-0.05, 0) is 32.1 Å². The molecule has 0 unspecified atom stereocenters. The normalized spacial score (nSPS) is 10.9. The molecular weight excluding hydrogens is 338 g/mol. The highest BCUT2D eigenvalue weighted by molar-refractivity contribution is 7.71. The molecule has 0 saturated heterocycles. The van der Waals surface area contributed by atoms with E-state index < -0.39 is 21.9 Å².